The Morgan fingerprint density at radius 3 is 2.86 bits per heavy atom. The number of para-hydroxylation sites is 1. The zero-order valence-electron chi connectivity index (χ0n) is 12.2. The highest BCUT2D eigenvalue weighted by atomic mass is 32.1. The number of aromatic amines is 1. The van der Waals surface area contributed by atoms with Gasteiger partial charge in [0.25, 0.3) is 5.91 Å². The van der Waals surface area contributed by atoms with E-state index in [1.165, 1.54) is 21.4 Å². The van der Waals surface area contributed by atoms with E-state index in [1.807, 2.05) is 38.2 Å². The van der Waals surface area contributed by atoms with E-state index in [1.54, 1.807) is 11.3 Å². The van der Waals surface area contributed by atoms with E-state index in [-0.39, 0.29) is 5.91 Å². The summed E-state index contributed by atoms with van der Waals surface area (Å²) < 4.78 is 0. The Kier molecular flexibility index (Phi) is 3.80. The zero-order valence-corrected chi connectivity index (χ0v) is 13.0. The molecule has 0 fully saturated rings. The Hall–Kier alpha value is -2.07. The lowest BCUT2D eigenvalue weighted by Gasteiger charge is -2.03. The zero-order chi connectivity index (χ0) is 14.8. The van der Waals surface area contributed by atoms with Crippen molar-refractivity contribution in [1.29, 1.82) is 0 Å². The van der Waals surface area contributed by atoms with Crippen LogP contribution in [0.2, 0.25) is 0 Å². The molecular formula is C17H18N2OS. The highest BCUT2D eigenvalue weighted by Gasteiger charge is 2.10. The van der Waals surface area contributed by atoms with E-state index in [4.69, 9.17) is 0 Å². The number of fused-ring (bicyclic) bond motifs is 1. The molecule has 0 atom stereocenters. The van der Waals surface area contributed by atoms with Crippen LogP contribution < -0.4 is 5.32 Å². The summed E-state index contributed by atoms with van der Waals surface area (Å²) in [6.45, 7) is 4.73. The van der Waals surface area contributed by atoms with Gasteiger partial charge < -0.3 is 10.3 Å². The Balaban J connectivity index is 1.62. The highest BCUT2D eigenvalue weighted by Crippen LogP contribution is 2.20. The molecule has 0 saturated heterocycles. The average Bonchev–Trinajstić information content (AvgIpc) is 3.04. The number of amides is 1. The second kappa shape index (κ2) is 5.74. The first kappa shape index (κ1) is 13.9. The molecule has 21 heavy (non-hydrogen) atoms. The molecule has 0 unspecified atom stereocenters. The predicted octanol–water partition coefficient (Wildman–Crippen LogP) is 3.82. The van der Waals surface area contributed by atoms with E-state index in [0.717, 1.165) is 16.8 Å². The molecule has 2 heterocycles. The smallest absolute Gasteiger partial charge is 0.261 e. The van der Waals surface area contributed by atoms with Crippen molar-refractivity contribution in [1.82, 2.24) is 10.3 Å². The molecule has 108 valence electrons. The highest BCUT2D eigenvalue weighted by molar-refractivity contribution is 7.14. The maximum Gasteiger partial charge on any atom is 0.261 e. The largest absolute Gasteiger partial charge is 0.361 e. The molecule has 1 amide bonds. The Morgan fingerprint density at radius 2 is 2.10 bits per heavy atom. The van der Waals surface area contributed by atoms with Crippen molar-refractivity contribution < 1.29 is 4.79 Å². The fourth-order valence-corrected chi connectivity index (χ4v) is 3.37. The van der Waals surface area contributed by atoms with Crippen LogP contribution in [0.5, 0.6) is 0 Å². The lowest BCUT2D eigenvalue weighted by molar-refractivity contribution is 0.0958. The van der Waals surface area contributed by atoms with Gasteiger partial charge in [0.2, 0.25) is 0 Å². The van der Waals surface area contributed by atoms with Gasteiger partial charge in [0.15, 0.2) is 0 Å². The summed E-state index contributed by atoms with van der Waals surface area (Å²) in [6.07, 6.45) is 2.86. The minimum Gasteiger partial charge on any atom is -0.361 e. The van der Waals surface area contributed by atoms with Crippen molar-refractivity contribution in [3.8, 4) is 0 Å². The van der Waals surface area contributed by atoms with Crippen molar-refractivity contribution in [3.05, 3.63) is 57.4 Å². The van der Waals surface area contributed by atoms with Crippen LogP contribution in [0, 0.1) is 13.8 Å². The summed E-state index contributed by atoms with van der Waals surface area (Å²) >= 11 is 1.55. The molecule has 1 aromatic carbocycles. The van der Waals surface area contributed by atoms with Crippen LogP contribution >= 0.6 is 11.3 Å². The van der Waals surface area contributed by atoms with Crippen molar-refractivity contribution in [2.75, 3.05) is 6.54 Å². The van der Waals surface area contributed by atoms with Gasteiger partial charge in [-0.2, -0.15) is 0 Å². The number of H-pyrrole nitrogens is 1. The van der Waals surface area contributed by atoms with Crippen molar-refractivity contribution in [2.45, 2.75) is 20.3 Å². The number of carbonyl (C=O) groups is 1. The first-order chi connectivity index (χ1) is 10.1. The average molecular weight is 298 g/mol. The maximum absolute atomic E-state index is 12.1. The van der Waals surface area contributed by atoms with E-state index < -0.39 is 0 Å². The van der Waals surface area contributed by atoms with Crippen LogP contribution in [0.25, 0.3) is 10.9 Å². The number of rotatable bonds is 4. The van der Waals surface area contributed by atoms with Crippen molar-refractivity contribution >= 4 is 28.1 Å². The van der Waals surface area contributed by atoms with Crippen LogP contribution in [-0.4, -0.2) is 17.4 Å². The molecule has 0 saturated carbocycles. The monoisotopic (exact) mass is 298 g/mol. The van der Waals surface area contributed by atoms with Crippen LogP contribution in [-0.2, 0) is 6.42 Å². The second-order valence-corrected chi connectivity index (χ2v) is 6.47. The van der Waals surface area contributed by atoms with Crippen LogP contribution in [0.4, 0.5) is 0 Å². The summed E-state index contributed by atoms with van der Waals surface area (Å²) in [5.41, 5.74) is 3.56. The van der Waals surface area contributed by atoms with E-state index >= 15 is 0 Å². The van der Waals surface area contributed by atoms with Gasteiger partial charge in [0, 0.05) is 28.5 Å². The van der Waals surface area contributed by atoms with Crippen molar-refractivity contribution in [3.63, 3.8) is 0 Å². The molecule has 4 heteroatoms. The number of nitrogens with one attached hydrogen (secondary N) is 2. The van der Waals surface area contributed by atoms with Crippen molar-refractivity contribution in [2.24, 2.45) is 0 Å². The minimum atomic E-state index is 0.0241. The lowest BCUT2D eigenvalue weighted by atomic mass is 10.1. The Bertz CT molecular complexity index is 766. The number of carbonyl (C=O) groups excluding carboxylic acids is 1. The first-order valence-electron chi connectivity index (χ1n) is 7.05. The quantitative estimate of drug-likeness (QED) is 0.755. The molecule has 0 aliphatic carbocycles. The molecule has 0 bridgehead atoms. The molecule has 3 rings (SSSR count). The number of aromatic nitrogens is 1. The molecular weight excluding hydrogens is 280 g/mol. The molecule has 0 aliphatic rings. The fraction of sp³-hybridized carbons (Fsp3) is 0.235. The number of benzene rings is 1. The number of aryl methyl sites for hydroxylation is 2. The minimum absolute atomic E-state index is 0.0241. The summed E-state index contributed by atoms with van der Waals surface area (Å²) in [7, 11) is 0. The number of hydrogen-bond acceptors (Lipinski definition) is 2. The molecule has 0 radical (unpaired) electrons. The van der Waals surface area contributed by atoms with E-state index in [2.05, 4.69) is 22.4 Å². The summed E-state index contributed by atoms with van der Waals surface area (Å²) in [4.78, 5) is 17.4. The van der Waals surface area contributed by atoms with Gasteiger partial charge in [-0.25, -0.2) is 0 Å². The van der Waals surface area contributed by atoms with Gasteiger partial charge in [-0.1, -0.05) is 18.2 Å². The standard InChI is InChI=1S/C17H18N2OS/c1-11-9-16(21-12(11)2)17(20)18-8-7-13-10-19-15-6-4-3-5-14(13)15/h3-6,9-10,19H,7-8H2,1-2H3,(H,18,20). The normalized spacial score (nSPS) is 11.0. The lowest BCUT2D eigenvalue weighted by Crippen LogP contribution is -2.24. The Labute approximate surface area is 128 Å². The van der Waals surface area contributed by atoms with Crippen LogP contribution in [0.15, 0.2) is 36.5 Å². The fourth-order valence-electron chi connectivity index (χ4n) is 2.42. The third-order valence-corrected chi connectivity index (χ3v) is 4.90. The van der Waals surface area contributed by atoms with Gasteiger partial charge in [-0.05, 0) is 43.5 Å². The summed E-state index contributed by atoms with van der Waals surface area (Å²) in [6, 6.07) is 10.2. The summed E-state index contributed by atoms with van der Waals surface area (Å²) in [5.74, 6) is 0.0241. The molecule has 2 N–H and O–H groups in total. The van der Waals surface area contributed by atoms with Gasteiger partial charge in [0.05, 0.1) is 4.88 Å². The molecule has 0 spiro atoms. The third kappa shape index (κ3) is 2.85. The van der Waals surface area contributed by atoms with E-state index in [0.29, 0.717) is 6.54 Å². The van der Waals surface area contributed by atoms with Crippen LogP contribution in [0.1, 0.15) is 25.7 Å². The number of hydrogen-bond donors (Lipinski definition) is 2. The topological polar surface area (TPSA) is 44.9 Å². The number of thiophene rings is 1. The predicted molar refractivity (Wildman–Crippen MR) is 88.1 cm³/mol. The van der Waals surface area contributed by atoms with E-state index in [9.17, 15) is 4.79 Å². The van der Waals surface area contributed by atoms with Gasteiger partial charge >= 0.3 is 0 Å². The SMILES string of the molecule is Cc1cc(C(=O)NCCc2c[nH]c3ccccc23)sc1C. The molecule has 3 nitrogen and oxygen atoms in total. The Morgan fingerprint density at radius 1 is 1.29 bits per heavy atom. The van der Waals surface area contributed by atoms with Crippen LogP contribution in [0.3, 0.4) is 0 Å². The maximum atomic E-state index is 12.1. The summed E-state index contributed by atoms with van der Waals surface area (Å²) in [5, 5.41) is 4.23. The second-order valence-electron chi connectivity index (χ2n) is 5.22. The van der Waals surface area contributed by atoms with Gasteiger partial charge in [0.1, 0.15) is 0 Å². The van der Waals surface area contributed by atoms with Gasteiger partial charge in [-0.15, -0.1) is 11.3 Å². The molecule has 0 aliphatic heterocycles. The van der Waals surface area contributed by atoms with Gasteiger partial charge in [-0.3, -0.25) is 4.79 Å². The molecule has 3 aromatic rings. The first-order valence-corrected chi connectivity index (χ1v) is 7.87. The molecule has 2 aromatic heterocycles. The third-order valence-electron chi connectivity index (χ3n) is 3.74.